The Labute approximate surface area is 167 Å². The zero-order valence-corrected chi connectivity index (χ0v) is 17.2. The minimum absolute atomic E-state index is 0.0906. The van der Waals surface area contributed by atoms with Gasteiger partial charge in [0.05, 0.1) is 7.11 Å². The number of hydrogen-bond acceptors (Lipinski definition) is 5. The maximum Gasteiger partial charge on any atom is 0.408 e. The topological polar surface area (TPSA) is 93.7 Å². The van der Waals surface area contributed by atoms with Crippen molar-refractivity contribution in [3.8, 4) is 0 Å². The van der Waals surface area contributed by atoms with Crippen LogP contribution in [0, 0.1) is 5.92 Å². The van der Waals surface area contributed by atoms with Crippen LogP contribution in [0.5, 0.6) is 0 Å². The van der Waals surface area contributed by atoms with Crippen LogP contribution in [0.25, 0.3) is 0 Å². The molecule has 0 aliphatic heterocycles. The number of carbonyl (C=O) groups is 3. The van der Waals surface area contributed by atoms with Gasteiger partial charge in [0.1, 0.15) is 18.7 Å². The summed E-state index contributed by atoms with van der Waals surface area (Å²) in [7, 11) is 1.23. The Morgan fingerprint density at radius 3 is 2.30 bits per heavy atom. The molecule has 0 bridgehead atoms. The van der Waals surface area contributed by atoms with Crippen LogP contribution in [-0.2, 0) is 25.7 Å². The number of alkyl carbamates (subject to hydrolysis) is 1. The standard InChI is InChI=1S/C19H25BrN2O5/c1-12(2)16(17(23)21-15(10-13(3)20)18(24)26-4)22-19(25)27-11-14-8-6-5-7-9-14/h5-9,12,15-16H,3,10-11H2,1-2,4H3,(H,21,23)(H,22,25)/t15-,16-/m0/s1. The van der Waals surface area contributed by atoms with Gasteiger partial charge in [-0.15, -0.1) is 0 Å². The second-order valence-corrected chi connectivity index (χ2v) is 7.35. The molecule has 2 amide bonds. The lowest BCUT2D eigenvalue weighted by Gasteiger charge is -2.24. The van der Waals surface area contributed by atoms with Gasteiger partial charge in [-0.05, 0) is 16.0 Å². The largest absolute Gasteiger partial charge is 0.467 e. The summed E-state index contributed by atoms with van der Waals surface area (Å²) in [5.74, 6) is -1.33. The number of hydrogen-bond donors (Lipinski definition) is 2. The predicted octanol–water partition coefficient (Wildman–Crippen LogP) is 2.89. The quantitative estimate of drug-likeness (QED) is 0.575. The molecular formula is C19H25BrN2O5. The predicted molar refractivity (Wildman–Crippen MR) is 105 cm³/mol. The third-order valence-corrected chi connectivity index (χ3v) is 3.99. The highest BCUT2D eigenvalue weighted by Gasteiger charge is 2.29. The molecule has 0 unspecified atom stereocenters. The number of benzene rings is 1. The van der Waals surface area contributed by atoms with Gasteiger partial charge < -0.3 is 20.1 Å². The van der Waals surface area contributed by atoms with Crippen molar-refractivity contribution in [2.45, 2.75) is 39.0 Å². The van der Waals surface area contributed by atoms with Crippen molar-refractivity contribution in [3.05, 3.63) is 47.0 Å². The molecule has 0 aliphatic rings. The van der Waals surface area contributed by atoms with Crippen molar-refractivity contribution in [1.82, 2.24) is 10.6 Å². The van der Waals surface area contributed by atoms with Crippen LogP contribution in [0.4, 0.5) is 4.79 Å². The maximum absolute atomic E-state index is 12.6. The van der Waals surface area contributed by atoms with Crippen LogP contribution in [-0.4, -0.2) is 37.2 Å². The lowest BCUT2D eigenvalue weighted by atomic mass is 10.0. The molecule has 7 nitrogen and oxygen atoms in total. The third-order valence-electron chi connectivity index (χ3n) is 3.66. The maximum atomic E-state index is 12.6. The van der Waals surface area contributed by atoms with E-state index in [1.54, 1.807) is 13.8 Å². The monoisotopic (exact) mass is 440 g/mol. The number of halogens is 1. The second kappa shape index (κ2) is 11.4. The summed E-state index contributed by atoms with van der Waals surface area (Å²) < 4.78 is 10.4. The number of carbonyl (C=O) groups excluding carboxylic acids is 3. The first-order valence-corrected chi connectivity index (χ1v) is 9.22. The van der Waals surface area contributed by atoms with Gasteiger partial charge in [-0.25, -0.2) is 9.59 Å². The SMILES string of the molecule is C=C(Br)C[C@H](NC(=O)[C@@H](NC(=O)OCc1ccccc1)C(C)C)C(=O)OC. The molecule has 0 radical (unpaired) electrons. The Balaban J connectivity index is 2.69. The van der Waals surface area contributed by atoms with Crippen molar-refractivity contribution < 1.29 is 23.9 Å². The summed E-state index contributed by atoms with van der Waals surface area (Å²) in [5, 5.41) is 5.13. The van der Waals surface area contributed by atoms with E-state index >= 15 is 0 Å². The Morgan fingerprint density at radius 2 is 1.78 bits per heavy atom. The molecule has 0 spiro atoms. The first-order chi connectivity index (χ1) is 12.7. The molecule has 0 aromatic heterocycles. The minimum Gasteiger partial charge on any atom is -0.467 e. The van der Waals surface area contributed by atoms with Crippen molar-refractivity contribution in [2.24, 2.45) is 5.92 Å². The molecule has 1 rings (SSSR count). The molecule has 0 heterocycles. The molecule has 2 N–H and O–H groups in total. The third kappa shape index (κ3) is 8.25. The number of rotatable bonds is 9. The average Bonchev–Trinajstić information content (AvgIpc) is 2.63. The zero-order valence-electron chi connectivity index (χ0n) is 15.7. The van der Waals surface area contributed by atoms with E-state index in [4.69, 9.17) is 9.47 Å². The van der Waals surface area contributed by atoms with Gasteiger partial charge in [0, 0.05) is 6.42 Å². The van der Waals surface area contributed by atoms with Crippen LogP contribution in [0.3, 0.4) is 0 Å². The van der Waals surface area contributed by atoms with Crippen LogP contribution < -0.4 is 10.6 Å². The number of nitrogens with one attached hydrogen (secondary N) is 2. The fraction of sp³-hybridized carbons (Fsp3) is 0.421. The summed E-state index contributed by atoms with van der Waals surface area (Å²) in [6.07, 6.45) is -0.547. The van der Waals surface area contributed by atoms with E-state index in [9.17, 15) is 14.4 Å². The fourth-order valence-corrected chi connectivity index (χ4v) is 2.57. The summed E-state index contributed by atoms with van der Waals surface area (Å²) in [6, 6.07) is 7.42. The molecule has 0 saturated carbocycles. The minimum atomic E-state index is -0.905. The van der Waals surface area contributed by atoms with Gasteiger partial charge in [-0.3, -0.25) is 4.79 Å². The first-order valence-electron chi connectivity index (χ1n) is 8.43. The summed E-state index contributed by atoms with van der Waals surface area (Å²) in [4.78, 5) is 36.5. The van der Waals surface area contributed by atoms with Crippen LogP contribution in [0.15, 0.2) is 41.4 Å². The van der Waals surface area contributed by atoms with Crippen molar-refractivity contribution in [2.75, 3.05) is 7.11 Å². The average molecular weight is 441 g/mol. The summed E-state index contributed by atoms with van der Waals surface area (Å²) in [6.45, 7) is 7.31. The molecule has 0 saturated heterocycles. The van der Waals surface area contributed by atoms with E-state index in [1.165, 1.54) is 7.11 Å². The lowest BCUT2D eigenvalue weighted by molar-refractivity contribution is -0.145. The van der Waals surface area contributed by atoms with Gasteiger partial charge in [-0.1, -0.05) is 66.7 Å². The zero-order chi connectivity index (χ0) is 20.4. The Kier molecular flexibility index (Phi) is 9.56. The highest BCUT2D eigenvalue weighted by atomic mass is 79.9. The van der Waals surface area contributed by atoms with E-state index in [1.807, 2.05) is 30.3 Å². The van der Waals surface area contributed by atoms with Gasteiger partial charge in [0.15, 0.2) is 0 Å². The fourth-order valence-electron chi connectivity index (χ4n) is 2.25. The van der Waals surface area contributed by atoms with Crippen LogP contribution >= 0.6 is 15.9 Å². The van der Waals surface area contributed by atoms with Crippen LogP contribution in [0.2, 0.25) is 0 Å². The highest BCUT2D eigenvalue weighted by Crippen LogP contribution is 2.12. The van der Waals surface area contributed by atoms with Crippen LogP contribution in [0.1, 0.15) is 25.8 Å². The lowest BCUT2D eigenvalue weighted by Crippen LogP contribution is -2.53. The van der Waals surface area contributed by atoms with Gasteiger partial charge in [-0.2, -0.15) is 0 Å². The van der Waals surface area contributed by atoms with E-state index in [-0.39, 0.29) is 18.9 Å². The molecule has 0 aliphatic carbocycles. The molecule has 1 aromatic carbocycles. The molecule has 2 atom stereocenters. The van der Waals surface area contributed by atoms with E-state index < -0.39 is 30.1 Å². The molecule has 1 aromatic rings. The second-order valence-electron chi connectivity index (χ2n) is 6.23. The van der Waals surface area contributed by atoms with Crippen molar-refractivity contribution in [3.63, 3.8) is 0 Å². The van der Waals surface area contributed by atoms with E-state index in [0.29, 0.717) is 4.48 Å². The molecule has 8 heteroatoms. The Morgan fingerprint density at radius 1 is 1.15 bits per heavy atom. The van der Waals surface area contributed by atoms with E-state index in [0.717, 1.165) is 5.56 Å². The molecular weight excluding hydrogens is 416 g/mol. The number of methoxy groups -OCH3 is 1. The number of ether oxygens (including phenoxy) is 2. The van der Waals surface area contributed by atoms with E-state index in [2.05, 4.69) is 33.1 Å². The van der Waals surface area contributed by atoms with Gasteiger partial charge >= 0.3 is 12.1 Å². The first kappa shape index (κ1) is 22.7. The Bertz CT molecular complexity index is 663. The number of amides is 2. The van der Waals surface area contributed by atoms with Gasteiger partial charge in [0.2, 0.25) is 5.91 Å². The van der Waals surface area contributed by atoms with Gasteiger partial charge in [0.25, 0.3) is 0 Å². The van der Waals surface area contributed by atoms with Crippen molar-refractivity contribution >= 4 is 33.9 Å². The molecule has 0 fully saturated rings. The Hall–Kier alpha value is -2.35. The number of esters is 1. The smallest absolute Gasteiger partial charge is 0.408 e. The summed E-state index contributed by atoms with van der Waals surface area (Å²) in [5.41, 5.74) is 0.833. The molecule has 27 heavy (non-hydrogen) atoms. The normalized spacial score (nSPS) is 12.6. The highest BCUT2D eigenvalue weighted by molar-refractivity contribution is 9.11. The summed E-state index contributed by atoms with van der Waals surface area (Å²) >= 11 is 3.17. The molecule has 148 valence electrons. The van der Waals surface area contributed by atoms with Crippen molar-refractivity contribution in [1.29, 1.82) is 0 Å².